The van der Waals surface area contributed by atoms with Crippen molar-refractivity contribution >= 4 is 34.1 Å². The zero-order valence-corrected chi connectivity index (χ0v) is 10.9. The lowest BCUT2D eigenvalue weighted by Gasteiger charge is -2.04. The minimum Gasteiger partial charge on any atom is -0.376 e. The third-order valence-electron chi connectivity index (χ3n) is 2.79. The van der Waals surface area contributed by atoms with Crippen molar-refractivity contribution in [2.24, 2.45) is 5.73 Å². The molecule has 0 radical (unpaired) electrons. The van der Waals surface area contributed by atoms with Crippen LogP contribution in [0.2, 0.25) is 0 Å². The van der Waals surface area contributed by atoms with Gasteiger partial charge in [0.15, 0.2) is 5.11 Å². The van der Waals surface area contributed by atoms with Gasteiger partial charge in [0.2, 0.25) is 0 Å². The van der Waals surface area contributed by atoms with Crippen molar-refractivity contribution in [2.45, 2.75) is 0 Å². The van der Waals surface area contributed by atoms with E-state index in [2.05, 4.69) is 15.3 Å². The Morgan fingerprint density at radius 2 is 2.00 bits per heavy atom. The van der Waals surface area contributed by atoms with Gasteiger partial charge >= 0.3 is 0 Å². The van der Waals surface area contributed by atoms with Gasteiger partial charge in [-0.2, -0.15) is 0 Å². The molecule has 0 spiro atoms. The summed E-state index contributed by atoms with van der Waals surface area (Å²) in [5, 5.41) is 3.17. The van der Waals surface area contributed by atoms with E-state index in [1.807, 2.05) is 48.5 Å². The van der Waals surface area contributed by atoms with E-state index in [9.17, 15) is 0 Å². The van der Waals surface area contributed by atoms with Gasteiger partial charge in [0, 0.05) is 11.3 Å². The Morgan fingerprint density at radius 3 is 2.79 bits per heavy atom. The van der Waals surface area contributed by atoms with Crippen LogP contribution < -0.4 is 11.1 Å². The fourth-order valence-electron chi connectivity index (χ4n) is 1.98. The summed E-state index contributed by atoms with van der Waals surface area (Å²) in [6, 6.07) is 15.7. The normalized spacial score (nSPS) is 10.5. The number of H-pyrrole nitrogens is 1. The summed E-state index contributed by atoms with van der Waals surface area (Å²) in [5.41, 5.74) is 9.28. The Kier molecular flexibility index (Phi) is 2.89. The van der Waals surface area contributed by atoms with Crippen molar-refractivity contribution in [1.29, 1.82) is 0 Å². The molecule has 2 aromatic carbocycles. The van der Waals surface area contributed by atoms with Crippen molar-refractivity contribution in [3.05, 3.63) is 48.5 Å². The number of aromatic amines is 1. The number of anilines is 1. The molecule has 0 aliphatic heterocycles. The molecule has 5 heteroatoms. The van der Waals surface area contributed by atoms with E-state index in [1.165, 1.54) is 0 Å². The molecule has 0 unspecified atom stereocenters. The third-order valence-corrected chi connectivity index (χ3v) is 2.89. The highest BCUT2D eigenvalue weighted by atomic mass is 32.1. The maximum absolute atomic E-state index is 5.47. The number of thiocarbonyl (C=S) groups is 1. The van der Waals surface area contributed by atoms with Gasteiger partial charge in [-0.25, -0.2) is 4.98 Å². The number of nitrogens with zero attached hydrogens (tertiary/aromatic N) is 1. The molecule has 0 aliphatic rings. The van der Waals surface area contributed by atoms with E-state index in [-0.39, 0.29) is 5.11 Å². The van der Waals surface area contributed by atoms with E-state index in [4.69, 9.17) is 18.0 Å². The zero-order valence-electron chi connectivity index (χ0n) is 10.1. The lowest BCUT2D eigenvalue weighted by molar-refractivity contribution is 1.34. The van der Waals surface area contributed by atoms with Gasteiger partial charge in [0.1, 0.15) is 5.82 Å². The molecule has 4 nitrogen and oxygen atoms in total. The van der Waals surface area contributed by atoms with Crippen LogP contribution in [0.5, 0.6) is 0 Å². The van der Waals surface area contributed by atoms with Crippen LogP contribution in [0, 0.1) is 0 Å². The molecule has 0 amide bonds. The first-order valence-electron chi connectivity index (χ1n) is 5.84. The molecule has 0 saturated carbocycles. The number of hydrogen-bond acceptors (Lipinski definition) is 2. The first-order chi connectivity index (χ1) is 9.22. The number of rotatable bonds is 2. The van der Waals surface area contributed by atoms with E-state index in [1.54, 1.807) is 0 Å². The molecule has 0 saturated heterocycles. The summed E-state index contributed by atoms with van der Waals surface area (Å²) >= 11 is 4.83. The predicted molar refractivity (Wildman–Crippen MR) is 81.9 cm³/mol. The van der Waals surface area contributed by atoms with Crippen LogP contribution in [0.1, 0.15) is 0 Å². The van der Waals surface area contributed by atoms with Crippen LogP contribution in [-0.2, 0) is 0 Å². The lowest BCUT2D eigenvalue weighted by atomic mass is 10.2. The van der Waals surface area contributed by atoms with Gasteiger partial charge in [-0.15, -0.1) is 0 Å². The van der Waals surface area contributed by atoms with Crippen LogP contribution in [-0.4, -0.2) is 15.1 Å². The van der Waals surface area contributed by atoms with Crippen molar-refractivity contribution in [2.75, 3.05) is 5.32 Å². The fraction of sp³-hybridized carbons (Fsp3) is 0. The fourth-order valence-corrected chi connectivity index (χ4v) is 2.09. The molecule has 4 N–H and O–H groups in total. The first kappa shape index (κ1) is 11.7. The molecule has 0 aliphatic carbocycles. The number of benzene rings is 2. The summed E-state index contributed by atoms with van der Waals surface area (Å²) < 4.78 is 0. The molecule has 1 heterocycles. The average molecular weight is 268 g/mol. The molecule has 19 heavy (non-hydrogen) atoms. The summed E-state index contributed by atoms with van der Waals surface area (Å²) in [4.78, 5) is 7.85. The Morgan fingerprint density at radius 1 is 1.16 bits per heavy atom. The minimum absolute atomic E-state index is 0.252. The Hall–Kier alpha value is -2.40. The quantitative estimate of drug-likeness (QED) is 0.625. The summed E-state index contributed by atoms with van der Waals surface area (Å²) in [6.45, 7) is 0. The highest BCUT2D eigenvalue weighted by Gasteiger charge is 2.05. The van der Waals surface area contributed by atoms with Crippen LogP contribution in [0.3, 0.4) is 0 Å². The summed E-state index contributed by atoms with van der Waals surface area (Å²) in [7, 11) is 0. The predicted octanol–water partition coefficient (Wildman–Crippen LogP) is 2.89. The smallest absolute Gasteiger partial charge is 0.168 e. The lowest BCUT2D eigenvalue weighted by Crippen LogP contribution is -2.18. The second-order valence-electron chi connectivity index (χ2n) is 4.17. The van der Waals surface area contributed by atoms with Gasteiger partial charge in [0.25, 0.3) is 0 Å². The van der Waals surface area contributed by atoms with Crippen molar-refractivity contribution in [1.82, 2.24) is 9.97 Å². The number of imidazole rings is 1. The third kappa shape index (κ3) is 2.41. The van der Waals surface area contributed by atoms with Crippen LogP contribution in [0.15, 0.2) is 48.5 Å². The molecule has 1 aromatic heterocycles. The highest BCUT2D eigenvalue weighted by Crippen LogP contribution is 2.22. The van der Waals surface area contributed by atoms with Gasteiger partial charge < -0.3 is 16.0 Å². The first-order valence-corrected chi connectivity index (χ1v) is 6.25. The summed E-state index contributed by atoms with van der Waals surface area (Å²) in [6.07, 6.45) is 0. The maximum atomic E-state index is 5.47. The Bertz CT molecular complexity index is 715. The highest BCUT2D eigenvalue weighted by molar-refractivity contribution is 7.80. The molecule has 94 valence electrons. The number of hydrogen-bond donors (Lipinski definition) is 3. The molecule has 0 fully saturated rings. The topological polar surface area (TPSA) is 66.7 Å². The van der Waals surface area contributed by atoms with Gasteiger partial charge in [-0.05, 0) is 36.5 Å². The number of para-hydroxylation sites is 2. The standard InChI is InChI=1S/C14H12N4S/c15-14(19)16-10-5-3-4-9(8-10)13-17-11-6-1-2-7-12(11)18-13/h1-8H,(H,17,18)(H3,15,16,19). The number of nitrogens with two attached hydrogens (primary N) is 1. The van der Waals surface area contributed by atoms with Crippen molar-refractivity contribution in [3.63, 3.8) is 0 Å². The van der Waals surface area contributed by atoms with E-state index in [0.29, 0.717) is 0 Å². The molecular formula is C14H12N4S. The number of fused-ring (bicyclic) bond motifs is 1. The van der Waals surface area contributed by atoms with E-state index < -0.39 is 0 Å². The summed E-state index contributed by atoms with van der Waals surface area (Å²) in [5.74, 6) is 0.827. The molecule has 0 bridgehead atoms. The van der Waals surface area contributed by atoms with Crippen LogP contribution in [0.25, 0.3) is 22.4 Å². The molecular weight excluding hydrogens is 256 g/mol. The van der Waals surface area contributed by atoms with Gasteiger partial charge in [0.05, 0.1) is 11.0 Å². The van der Waals surface area contributed by atoms with Crippen LogP contribution >= 0.6 is 12.2 Å². The zero-order chi connectivity index (χ0) is 13.2. The van der Waals surface area contributed by atoms with Gasteiger partial charge in [-0.3, -0.25) is 0 Å². The molecule has 0 atom stereocenters. The van der Waals surface area contributed by atoms with Crippen molar-refractivity contribution < 1.29 is 0 Å². The Balaban J connectivity index is 2.03. The number of aromatic nitrogens is 2. The Labute approximate surface area is 115 Å². The van der Waals surface area contributed by atoms with Crippen LogP contribution in [0.4, 0.5) is 5.69 Å². The minimum atomic E-state index is 0.252. The second kappa shape index (κ2) is 4.70. The molecule has 3 rings (SSSR count). The van der Waals surface area contributed by atoms with Crippen molar-refractivity contribution in [3.8, 4) is 11.4 Å². The van der Waals surface area contributed by atoms with E-state index >= 15 is 0 Å². The monoisotopic (exact) mass is 268 g/mol. The second-order valence-corrected chi connectivity index (χ2v) is 4.61. The number of nitrogens with one attached hydrogen (secondary N) is 2. The molecule has 3 aromatic rings. The maximum Gasteiger partial charge on any atom is 0.168 e. The SMILES string of the molecule is NC(=S)Nc1cccc(-c2nc3ccccc3[nH]2)c1. The largest absolute Gasteiger partial charge is 0.376 e. The average Bonchev–Trinajstić information content (AvgIpc) is 2.82. The van der Waals surface area contributed by atoms with Gasteiger partial charge in [-0.1, -0.05) is 24.3 Å². The van der Waals surface area contributed by atoms with E-state index in [0.717, 1.165) is 28.1 Å².